The quantitative estimate of drug-likeness (QED) is 0.398. The molecule has 1 aromatic heterocycles. The molecule has 1 fully saturated rings. The van der Waals surface area contributed by atoms with Gasteiger partial charge in [-0.15, -0.1) is 24.0 Å². The summed E-state index contributed by atoms with van der Waals surface area (Å²) in [4.78, 5) is 11.6. The molecule has 5 nitrogen and oxygen atoms in total. The molecule has 0 bridgehead atoms. The Morgan fingerprint density at radius 2 is 2.07 bits per heavy atom. The Bertz CT molecular complexity index is 765. The average Bonchev–Trinajstić information content (AvgIpc) is 3.17. The molecule has 0 radical (unpaired) electrons. The van der Waals surface area contributed by atoms with Crippen molar-refractivity contribution in [3.63, 3.8) is 0 Å². The highest BCUT2D eigenvalue weighted by Gasteiger charge is 2.30. The fourth-order valence-electron chi connectivity index (χ4n) is 3.48. The number of likely N-dealkylation sites (tertiary alicyclic amines) is 1. The first-order valence-electron chi connectivity index (χ1n) is 9.56. The number of nitrogens with one attached hydrogen (secondary N) is 1. The van der Waals surface area contributed by atoms with Crippen LogP contribution in [0.1, 0.15) is 44.1 Å². The highest BCUT2D eigenvalue weighted by atomic mass is 127. The van der Waals surface area contributed by atoms with Gasteiger partial charge in [-0.25, -0.2) is 9.98 Å². The molecule has 1 saturated heterocycles. The summed E-state index contributed by atoms with van der Waals surface area (Å²) in [6, 6.07) is 8.70. The van der Waals surface area contributed by atoms with Crippen LogP contribution in [0.4, 0.5) is 0 Å². The van der Waals surface area contributed by atoms with Crippen molar-refractivity contribution in [3.8, 4) is 0 Å². The molecule has 2 aromatic rings. The standard InChI is InChI=1S/C21H31N5.HI/c1-5-22-20(26-11-9-21(3,4)16-26)24-14-18-7-6-8-19(13-18)15-25-12-10-23-17(25)2;/h6-8,10,12-13H,5,9,11,14-16H2,1-4H3,(H,22,24);1H. The second-order valence-corrected chi connectivity index (χ2v) is 7.93. The molecular formula is C21H32IN5. The zero-order valence-corrected chi connectivity index (χ0v) is 19.2. The van der Waals surface area contributed by atoms with E-state index in [2.05, 4.69) is 64.8 Å². The molecule has 1 aliphatic heterocycles. The Balaban J connectivity index is 0.00000261. The third-order valence-corrected chi connectivity index (χ3v) is 4.99. The Kier molecular flexibility index (Phi) is 7.70. The summed E-state index contributed by atoms with van der Waals surface area (Å²) in [6.07, 6.45) is 5.10. The van der Waals surface area contributed by atoms with E-state index in [1.165, 1.54) is 17.5 Å². The molecule has 0 amide bonds. The highest BCUT2D eigenvalue weighted by Crippen LogP contribution is 2.28. The van der Waals surface area contributed by atoms with Crippen LogP contribution in [-0.2, 0) is 13.1 Å². The van der Waals surface area contributed by atoms with Crippen molar-refractivity contribution in [1.82, 2.24) is 19.8 Å². The van der Waals surface area contributed by atoms with Gasteiger partial charge in [0.1, 0.15) is 5.82 Å². The van der Waals surface area contributed by atoms with E-state index in [0.717, 1.165) is 38.0 Å². The van der Waals surface area contributed by atoms with Crippen molar-refractivity contribution in [2.24, 2.45) is 10.4 Å². The smallest absolute Gasteiger partial charge is 0.194 e. The van der Waals surface area contributed by atoms with Crippen LogP contribution in [0.15, 0.2) is 41.7 Å². The summed E-state index contributed by atoms with van der Waals surface area (Å²) in [6.45, 7) is 13.4. The molecule has 0 spiro atoms. The Morgan fingerprint density at radius 3 is 2.70 bits per heavy atom. The molecule has 0 saturated carbocycles. The summed E-state index contributed by atoms with van der Waals surface area (Å²) in [5.41, 5.74) is 2.90. The number of aryl methyl sites for hydroxylation is 1. The van der Waals surface area contributed by atoms with E-state index in [-0.39, 0.29) is 24.0 Å². The molecule has 3 rings (SSSR count). The van der Waals surface area contributed by atoms with Gasteiger partial charge in [0.05, 0.1) is 6.54 Å². The van der Waals surface area contributed by atoms with Crippen LogP contribution >= 0.6 is 24.0 Å². The van der Waals surface area contributed by atoms with Gasteiger partial charge in [-0.05, 0) is 36.8 Å². The van der Waals surface area contributed by atoms with Crippen LogP contribution in [0.5, 0.6) is 0 Å². The lowest BCUT2D eigenvalue weighted by molar-refractivity contribution is 0.370. The first kappa shape index (κ1) is 21.7. The summed E-state index contributed by atoms with van der Waals surface area (Å²) in [5.74, 6) is 2.08. The van der Waals surface area contributed by atoms with Gasteiger partial charge in [0, 0.05) is 38.6 Å². The number of imidazole rings is 1. The summed E-state index contributed by atoms with van der Waals surface area (Å²) < 4.78 is 2.17. The predicted octanol–water partition coefficient (Wildman–Crippen LogP) is 4.06. The summed E-state index contributed by atoms with van der Waals surface area (Å²) in [7, 11) is 0. The molecule has 1 aliphatic rings. The molecule has 27 heavy (non-hydrogen) atoms. The second kappa shape index (κ2) is 9.57. The van der Waals surface area contributed by atoms with Crippen molar-refractivity contribution in [2.75, 3.05) is 19.6 Å². The molecule has 2 heterocycles. The summed E-state index contributed by atoms with van der Waals surface area (Å²) in [5, 5.41) is 3.45. The first-order chi connectivity index (χ1) is 12.5. The van der Waals surface area contributed by atoms with Crippen molar-refractivity contribution < 1.29 is 0 Å². The minimum atomic E-state index is 0. The van der Waals surface area contributed by atoms with Crippen molar-refractivity contribution in [3.05, 3.63) is 53.6 Å². The minimum absolute atomic E-state index is 0. The number of hydrogen-bond donors (Lipinski definition) is 1. The van der Waals surface area contributed by atoms with Gasteiger partial charge in [0.2, 0.25) is 0 Å². The number of aromatic nitrogens is 2. The fourth-order valence-corrected chi connectivity index (χ4v) is 3.48. The Morgan fingerprint density at radius 1 is 1.30 bits per heavy atom. The third kappa shape index (κ3) is 5.96. The third-order valence-electron chi connectivity index (χ3n) is 4.99. The maximum atomic E-state index is 4.90. The van der Waals surface area contributed by atoms with Gasteiger partial charge in [-0.2, -0.15) is 0 Å². The predicted molar refractivity (Wildman–Crippen MR) is 123 cm³/mol. The van der Waals surface area contributed by atoms with Crippen LogP contribution in [0.3, 0.4) is 0 Å². The van der Waals surface area contributed by atoms with E-state index in [1.807, 2.05) is 19.3 Å². The largest absolute Gasteiger partial charge is 0.357 e. The Hall–Kier alpha value is -1.57. The van der Waals surface area contributed by atoms with Crippen LogP contribution in [0.25, 0.3) is 0 Å². The summed E-state index contributed by atoms with van der Waals surface area (Å²) >= 11 is 0. The first-order valence-corrected chi connectivity index (χ1v) is 9.56. The molecule has 0 aliphatic carbocycles. The van der Waals surface area contributed by atoms with E-state index in [4.69, 9.17) is 4.99 Å². The normalized spacial score (nSPS) is 16.3. The van der Waals surface area contributed by atoms with E-state index in [9.17, 15) is 0 Å². The minimum Gasteiger partial charge on any atom is -0.357 e. The number of aliphatic imine (C=N–C) groups is 1. The van der Waals surface area contributed by atoms with Crippen molar-refractivity contribution in [2.45, 2.75) is 47.2 Å². The van der Waals surface area contributed by atoms with Crippen LogP contribution in [0, 0.1) is 12.3 Å². The maximum Gasteiger partial charge on any atom is 0.194 e. The molecule has 0 atom stereocenters. The van der Waals surface area contributed by atoms with E-state index < -0.39 is 0 Å². The van der Waals surface area contributed by atoms with E-state index in [0.29, 0.717) is 12.0 Å². The highest BCUT2D eigenvalue weighted by molar-refractivity contribution is 14.0. The number of benzene rings is 1. The van der Waals surface area contributed by atoms with Crippen LogP contribution < -0.4 is 5.32 Å². The van der Waals surface area contributed by atoms with Gasteiger partial charge in [0.25, 0.3) is 0 Å². The molecule has 1 aromatic carbocycles. The van der Waals surface area contributed by atoms with Gasteiger partial charge in [-0.1, -0.05) is 38.1 Å². The number of halogens is 1. The lowest BCUT2D eigenvalue weighted by Crippen LogP contribution is -2.40. The monoisotopic (exact) mass is 481 g/mol. The van der Waals surface area contributed by atoms with Gasteiger partial charge < -0.3 is 14.8 Å². The number of guanidine groups is 1. The maximum absolute atomic E-state index is 4.90. The topological polar surface area (TPSA) is 45.5 Å². The number of hydrogen-bond acceptors (Lipinski definition) is 2. The van der Waals surface area contributed by atoms with Gasteiger partial charge in [-0.3, -0.25) is 0 Å². The van der Waals surface area contributed by atoms with E-state index >= 15 is 0 Å². The van der Waals surface area contributed by atoms with Crippen LogP contribution in [0.2, 0.25) is 0 Å². The van der Waals surface area contributed by atoms with Gasteiger partial charge >= 0.3 is 0 Å². The van der Waals surface area contributed by atoms with Crippen LogP contribution in [-0.4, -0.2) is 40.0 Å². The lowest BCUT2D eigenvalue weighted by atomic mass is 9.93. The number of nitrogens with zero attached hydrogens (tertiary/aromatic N) is 4. The average molecular weight is 481 g/mol. The lowest BCUT2D eigenvalue weighted by Gasteiger charge is -2.23. The molecule has 6 heteroatoms. The zero-order valence-electron chi connectivity index (χ0n) is 16.9. The number of rotatable bonds is 5. The van der Waals surface area contributed by atoms with Crippen molar-refractivity contribution >= 4 is 29.9 Å². The zero-order chi connectivity index (χ0) is 18.6. The van der Waals surface area contributed by atoms with E-state index in [1.54, 1.807) is 0 Å². The molecular weight excluding hydrogens is 449 g/mol. The molecule has 0 unspecified atom stereocenters. The fraction of sp³-hybridized carbons (Fsp3) is 0.524. The Labute approximate surface area is 180 Å². The molecule has 1 N–H and O–H groups in total. The van der Waals surface area contributed by atoms with Gasteiger partial charge in [0.15, 0.2) is 5.96 Å². The molecule has 148 valence electrons. The second-order valence-electron chi connectivity index (χ2n) is 7.93. The SMILES string of the molecule is CCNC(=NCc1cccc(Cn2ccnc2C)c1)N1CCC(C)(C)C1.I. The van der Waals surface area contributed by atoms with Crippen molar-refractivity contribution in [1.29, 1.82) is 0 Å².